The molecule has 1 aliphatic rings. The topological polar surface area (TPSA) is 108 Å². The van der Waals surface area contributed by atoms with E-state index < -0.39 is 11.6 Å². The van der Waals surface area contributed by atoms with Crippen LogP contribution in [0.2, 0.25) is 10.0 Å². The number of aromatic nitrogens is 4. The van der Waals surface area contributed by atoms with Gasteiger partial charge in [-0.05, 0) is 43.5 Å². The average molecular weight is 476 g/mol. The lowest BCUT2D eigenvalue weighted by Gasteiger charge is -2.44. The molecule has 1 aliphatic heterocycles. The first-order valence-corrected chi connectivity index (χ1v) is 11.6. The van der Waals surface area contributed by atoms with E-state index in [9.17, 15) is 4.79 Å². The van der Waals surface area contributed by atoms with Crippen LogP contribution in [0.15, 0.2) is 30.7 Å². The maximum atomic E-state index is 13.6. The van der Waals surface area contributed by atoms with Crippen LogP contribution in [0.4, 0.5) is 5.69 Å². The molecule has 8 nitrogen and oxygen atoms in total. The number of aromatic amines is 1. The molecule has 10 heteroatoms. The normalized spacial score (nSPS) is 21.9. The van der Waals surface area contributed by atoms with Gasteiger partial charge in [-0.2, -0.15) is 5.10 Å². The van der Waals surface area contributed by atoms with Crippen molar-refractivity contribution in [1.82, 2.24) is 30.8 Å². The number of hydrogen-bond donors (Lipinski definition) is 4. The fraction of sp³-hybridized carbons (Fsp3) is 0.455. The van der Waals surface area contributed by atoms with Gasteiger partial charge in [0, 0.05) is 22.3 Å². The summed E-state index contributed by atoms with van der Waals surface area (Å²) in [6, 6.07) is 4.74. The Bertz CT molecular complexity index is 1080. The molecule has 2 aromatic heterocycles. The Labute approximate surface area is 196 Å². The van der Waals surface area contributed by atoms with Crippen molar-refractivity contribution in [2.75, 3.05) is 18.4 Å². The van der Waals surface area contributed by atoms with Crippen molar-refractivity contribution in [3.05, 3.63) is 46.5 Å². The highest BCUT2D eigenvalue weighted by Gasteiger charge is 2.44. The molecule has 1 amide bonds. The third-order valence-corrected chi connectivity index (χ3v) is 6.55. The van der Waals surface area contributed by atoms with Crippen molar-refractivity contribution in [2.45, 2.75) is 44.7 Å². The van der Waals surface area contributed by atoms with Gasteiger partial charge < -0.3 is 16.0 Å². The molecule has 4 N–H and O–H groups in total. The van der Waals surface area contributed by atoms with Gasteiger partial charge in [0.2, 0.25) is 5.91 Å². The second-order valence-corrected chi connectivity index (χ2v) is 9.20. The van der Waals surface area contributed by atoms with E-state index in [2.05, 4.69) is 43.0 Å². The maximum Gasteiger partial charge on any atom is 0.243 e. The monoisotopic (exact) mass is 475 g/mol. The Morgan fingerprint density at radius 3 is 2.78 bits per heavy atom. The molecule has 1 aromatic carbocycles. The van der Waals surface area contributed by atoms with Crippen molar-refractivity contribution in [3.8, 4) is 0 Å². The number of benzene rings is 1. The van der Waals surface area contributed by atoms with Crippen LogP contribution in [0.5, 0.6) is 0 Å². The summed E-state index contributed by atoms with van der Waals surface area (Å²) in [7, 11) is 0. The minimum Gasteiger partial charge on any atom is -0.374 e. The Kier molecular flexibility index (Phi) is 6.83. The number of carbonyl (C=O) groups is 1. The highest BCUT2D eigenvalue weighted by Crippen LogP contribution is 2.36. The zero-order chi connectivity index (χ0) is 22.7. The van der Waals surface area contributed by atoms with Crippen molar-refractivity contribution in [2.24, 2.45) is 5.92 Å². The molecule has 3 atom stereocenters. The standard InChI is InChI=1S/C22H27Cl2N7O/c1-3-4-18(29-16-8-14(23)7-15(24)9-16)21(32)30-22(11-25-6-5-13(22)2)19-17-10-28-31-20(17)27-12-26-19/h7-10,12-13,18,25,29H,3-6,11H2,1-2H3,(H,30,32)(H,26,27,28,31)/t13-,18+,22-/m0/s1. The molecule has 32 heavy (non-hydrogen) atoms. The Morgan fingerprint density at radius 2 is 2.06 bits per heavy atom. The number of nitrogens with one attached hydrogen (secondary N) is 4. The van der Waals surface area contributed by atoms with E-state index in [1.165, 1.54) is 6.33 Å². The van der Waals surface area contributed by atoms with E-state index in [1.54, 1.807) is 24.4 Å². The molecule has 170 valence electrons. The summed E-state index contributed by atoms with van der Waals surface area (Å²) >= 11 is 12.3. The Balaban J connectivity index is 1.67. The molecule has 1 fully saturated rings. The van der Waals surface area contributed by atoms with Gasteiger partial charge in [0.25, 0.3) is 0 Å². The van der Waals surface area contributed by atoms with Crippen molar-refractivity contribution in [1.29, 1.82) is 0 Å². The van der Waals surface area contributed by atoms with Gasteiger partial charge in [-0.1, -0.05) is 43.5 Å². The molecular weight excluding hydrogens is 449 g/mol. The van der Waals surface area contributed by atoms with Crippen LogP contribution >= 0.6 is 23.2 Å². The first-order chi connectivity index (χ1) is 15.4. The van der Waals surface area contributed by atoms with E-state index in [0.29, 0.717) is 34.3 Å². The SMILES string of the molecule is CCC[C@@H](Nc1cc(Cl)cc(Cl)c1)C(=O)N[C@@]1(c2ncnc3[nH]ncc23)CNCC[C@@H]1C. The van der Waals surface area contributed by atoms with E-state index in [4.69, 9.17) is 23.2 Å². The van der Waals surface area contributed by atoms with Crippen molar-refractivity contribution < 1.29 is 4.79 Å². The molecule has 0 unspecified atom stereocenters. The smallest absolute Gasteiger partial charge is 0.243 e. The van der Waals surface area contributed by atoms with E-state index in [-0.39, 0.29) is 11.8 Å². The van der Waals surface area contributed by atoms with Gasteiger partial charge in [0.15, 0.2) is 5.65 Å². The summed E-state index contributed by atoms with van der Waals surface area (Å²) in [5, 5.41) is 19.0. The van der Waals surface area contributed by atoms with Gasteiger partial charge in [-0.15, -0.1) is 0 Å². The summed E-state index contributed by atoms with van der Waals surface area (Å²) in [6.07, 6.45) is 5.62. The lowest BCUT2D eigenvalue weighted by Crippen LogP contribution is -2.62. The molecular formula is C22H27Cl2N7O. The van der Waals surface area contributed by atoms with Crippen LogP contribution in [0, 0.1) is 5.92 Å². The number of anilines is 1. The summed E-state index contributed by atoms with van der Waals surface area (Å²) in [5.74, 6) is 0.0531. The number of fused-ring (bicyclic) bond motifs is 1. The molecule has 0 aliphatic carbocycles. The number of amides is 1. The molecule has 0 bridgehead atoms. The Morgan fingerprint density at radius 1 is 1.28 bits per heavy atom. The molecule has 0 radical (unpaired) electrons. The number of hydrogen-bond acceptors (Lipinski definition) is 6. The predicted octanol–water partition coefficient (Wildman–Crippen LogP) is 3.88. The van der Waals surface area contributed by atoms with E-state index in [1.807, 2.05) is 6.92 Å². The molecule has 1 saturated heterocycles. The number of piperidine rings is 1. The van der Waals surface area contributed by atoms with Crippen LogP contribution in [0.25, 0.3) is 11.0 Å². The molecule has 0 saturated carbocycles. The average Bonchev–Trinajstić information content (AvgIpc) is 3.23. The highest BCUT2D eigenvalue weighted by atomic mass is 35.5. The highest BCUT2D eigenvalue weighted by molar-refractivity contribution is 6.35. The maximum absolute atomic E-state index is 13.6. The third kappa shape index (κ3) is 4.53. The number of halogens is 2. The van der Waals surface area contributed by atoms with Gasteiger partial charge in [0.1, 0.15) is 12.4 Å². The number of nitrogens with zero attached hydrogens (tertiary/aromatic N) is 3. The number of rotatable bonds is 7. The third-order valence-electron chi connectivity index (χ3n) is 6.11. The minimum atomic E-state index is -0.694. The second-order valence-electron chi connectivity index (χ2n) is 8.33. The second kappa shape index (κ2) is 9.60. The zero-order valence-electron chi connectivity index (χ0n) is 18.1. The fourth-order valence-corrected chi connectivity index (χ4v) is 4.92. The fourth-order valence-electron chi connectivity index (χ4n) is 4.39. The van der Waals surface area contributed by atoms with Crippen molar-refractivity contribution >= 4 is 45.8 Å². The molecule has 0 spiro atoms. The van der Waals surface area contributed by atoms with Crippen molar-refractivity contribution in [3.63, 3.8) is 0 Å². The number of H-pyrrole nitrogens is 1. The van der Waals surface area contributed by atoms with Gasteiger partial charge >= 0.3 is 0 Å². The van der Waals surface area contributed by atoms with Gasteiger partial charge in [-0.25, -0.2) is 9.97 Å². The van der Waals surface area contributed by atoms with Gasteiger partial charge in [-0.3, -0.25) is 9.89 Å². The lowest BCUT2D eigenvalue weighted by molar-refractivity contribution is -0.125. The minimum absolute atomic E-state index is 0.103. The number of carbonyl (C=O) groups excluding carboxylic acids is 1. The molecule has 4 rings (SSSR count). The first kappa shape index (κ1) is 22.8. The van der Waals surface area contributed by atoms with E-state index in [0.717, 1.165) is 30.5 Å². The summed E-state index contributed by atoms with van der Waals surface area (Å²) in [4.78, 5) is 22.5. The van der Waals surface area contributed by atoms with Crippen LogP contribution in [0.3, 0.4) is 0 Å². The van der Waals surface area contributed by atoms with Crippen LogP contribution in [-0.2, 0) is 10.3 Å². The molecule has 3 heterocycles. The summed E-state index contributed by atoms with van der Waals surface area (Å²) in [5.41, 5.74) is 1.43. The summed E-state index contributed by atoms with van der Waals surface area (Å²) < 4.78 is 0. The largest absolute Gasteiger partial charge is 0.374 e. The van der Waals surface area contributed by atoms with Crippen LogP contribution in [-0.4, -0.2) is 45.2 Å². The quantitative estimate of drug-likeness (QED) is 0.412. The van der Waals surface area contributed by atoms with Crippen LogP contribution in [0.1, 0.15) is 38.8 Å². The van der Waals surface area contributed by atoms with E-state index >= 15 is 0 Å². The predicted molar refractivity (Wildman–Crippen MR) is 127 cm³/mol. The summed E-state index contributed by atoms with van der Waals surface area (Å²) in [6.45, 7) is 5.65. The zero-order valence-corrected chi connectivity index (χ0v) is 19.6. The molecule has 3 aromatic rings. The van der Waals surface area contributed by atoms with Gasteiger partial charge in [0.05, 0.1) is 22.8 Å². The Hall–Kier alpha value is -2.42. The first-order valence-electron chi connectivity index (χ1n) is 10.8. The van der Waals surface area contributed by atoms with Crippen LogP contribution < -0.4 is 16.0 Å². The lowest BCUT2D eigenvalue weighted by atomic mass is 9.76.